The lowest BCUT2D eigenvalue weighted by Gasteiger charge is -2.06. The molecule has 68 valence electrons. The van der Waals surface area contributed by atoms with Crippen molar-refractivity contribution in [3.63, 3.8) is 0 Å². The van der Waals surface area contributed by atoms with E-state index in [4.69, 9.17) is 14.2 Å². The zero-order valence-corrected chi connectivity index (χ0v) is 8.59. The van der Waals surface area contributed by atoms with Gasteiger partial charge in [-0.3, -0.25) is 0 Å². The van der Waals surface area contributed by atoms with Crippen molar-refractivity contribution in [2.75, 3.05) is 33.5 Å². The number of alkyl halides is 1. The average Bonchev–Trinajstić information content (AvgIpc) is 1.96. The first-order chi connectivity index (χ1) is 5.27. The SMILES string of the molecule is COCCOCCOC(C)Br. The molecule has 1 unspecified atom stereocenters. The Kier molecular flexibility index (Phi) is 8.73. The standard InChI is InChI=1S/C7H15BrO3/c1-7(8)11-6-5-10-4-3-9-2/h7H,3-6H2,1-2H3. The summed E-state index contributed by atoms with van der Waals surface area (Å²) in [6.45, 7) is 4.45. The number of halogens is 1. The third-order valence-electron chi connectivity index (χ3n) is 1.01. The number of rotatable bonds is 7. The summed E-state index contributed by atoms with van der Waals surface area (Å²) in [5, 5.41) is 0.105. The topological polar surface area (TPSA) is 27.7 Å². The lowest BCUT2D eigenvalue weighted by molar-refractivity contribution is 0.0226. The second-order valence-corrected chi connectivity index (χ2v) is 3.31. The first-order valence-electron chi connectivity index (χ1n) is 3.59. The number of hydrogen-bond donors (Lipinski definition) is 0. The summed E-state index contributed by atoms with van der Waals surface area (Å²) in [4.78, 5) is 0. The van der Waals surface area contributed by atoms with Crippen LogP contribution in [0.4, 0.5) is 0 Å². The van der Waals surface area contributed by atoms with Gasteiger partial charge in [-0.25, -0.2) is 0 Å². The molecule has 0 aromatic carbocycles. The molecule has 3 nitrogen and oxygen atoms in total. The zero-order chi connectivity index (χ0) is 8.53. The molecule has 0 saturated carbocycles. The second-order valence-electron chi connectivity index (χ2n) is 2.02. The first-order valence-corrected chi connectivity index (χ1v) is 4.51. The minimum Gasteiger partial charge on any atom is -0.382 e. The summed E-state index contributed by atoms with van der Waals surface area (Å²) < 4.78 is 15.1. The quantitative estimate of drug-likeness (QED) is 0.486. The molecule has 0 rings (SSSR count). The molecule has 0 aromatic heterocycles. The molecule has 0 fully saturated rings. The predicted molar refractivity (Wildman–Crippen MR) is 47.0 cm³/mol. The van der Waals surface area contributed by atoms with E-state index in [1.165, 1.54) is 0 Å². The molecule has 0 bridgehead atoms. The van der Waals surface area contributed by atoms with Gasteiger partial charge >= 0.3 is 0 Å². The molecule has 0 heterocycles. The highest BCUT2D eigenvalue weighted by atomic mass is 79.9. The van der Waals surface area contributed by atoms with E-state index >= 15 is 0 Å². The predicted octanol–water partition coefficient (Wildman–Crippen LogP) is 1.41. The maximum atomic E-state index is 5.17. The molecule has 1 atom stereocenters. The molecule has 0 radical (unpaired) electrons. The van der Waals surface area contributed by atoms with Crippen LogP contribution in [0.2, 0.25) is 0 Å². The Morgan fingerprint density at radius 2 is 1.82 bits per heavy atom. The molecule has 0 aliphatic rings. The molecule has 0 aliphatic heterocycles. The van der Waals surface area contributed by atoms with Crippen molar-refractivity contribution in [2.24, 2.45) is 0 Å². The van der Waals surface area contributed by atoms with Gasteiger partial charge < -0.3 is 14.2 Å². The third-order valence-corrected chi connectivity index (χ3v) is 1.27. The van der Waals surface area contributed by atoms with Crippen molar-refractivity contribution in [1.29, 1.82) is 0 Å². The van der Waals surface area contributed by atoms with Crippen molar-refractivity contribution >= 4 is 15.9 Å². The lowest BCUT2D eigenvalue weighted by atomic mass is 10.7. The van der Waals surface area contributed by atoms with E-state index in [1.54, 1.807) is 7.11 Å². The van der Waals surface area contributed by atoms with Crippen LogP contribution in [0.3, 0.4) is 0 Å². The van der Waals surface area contributed by atoms with Gasteiger partial charge in [0, 0.05) is 7.11 Å². The fraction of sp³-hybridized carbons (Fsp3) is 1.00. The summed E-state index contributed by atoms with van der Waals surface area (Å²) in [5.74, 6) is 0. The van der Waals surface area contributed by atoms with E-state index in [2.05, 4.69) is 15.9 Å². The number of hydrogen-bond acceptors (Lipinski definition) is 3. The molecular formula is C7H15BrO3. The molecule has 0 aromatic rings. The molecule has 0 saturated heterocycles. The van der Waals surface area contributed by atoms with Gasteiger partial charge in [0.2, 0.25) is 0 Å². The van der Waals surface area contributed by atoms with Gasteiger partial charge in [-0.15, -0.1) is 0 Å². The largest absolute Gasteiger partial charge is 0.382 e. The van der Waals surface area contributed by atoms with Crippen LogP contribution >= 0.6 is 15.9 Å². The molecule has 0 N–H and O–H groups in total. The van der Waals surface area contributed by atoms with Crippen LogP contribution in [0, 0.1) is 0 Å². The Labute approximate surface area is 76.1 Å². The Morgan fingerprint density at radius 3 is 2.36 bits per heavy atom. The maximum Gasteiger partial charge on any atom is 0.109 e. The maximum absolute atomic E-state index is 5.17. The highest BCUT2D eigenvalue weighted by Gasteiger charge is 1.93. The minimum absolute atomic E-state index is 0.105. The van der Waals surface area contributed by atoms with E-state index in [0.717, 1.165) is 0 Å². The lowest BCUT2D eigenvalue weighted by Crippen LogP contribution is -2.10. The van der Waals surface area contributed by atoms with Crippen molar-refractivity contribution in [3.8, 4) is 0 Å². The van der Waals surface area contributed by atoms with Crippen molar-refractivity contribution in [2.45, 2.75) is 11.9 Å². The Bertz CT molecular complexity index is 78.1. The Hall–Kier alpha value is 0.360. The van der Waals surface area contributed by atoms with Crippen LogP contribution in [0.15, 0.2) is 0 Å². The summed E-state index contributed by atoms with van der Waals surface area (Å²) in [7, 11) is 1.65. The number of ether oxygens (including phenoxy) is 3. The van der Waals surface area contributed by atoms with Gasteiger partial charge in [0.05, 0.1) is 26.4 Å². The number of methoxy groups -OCH3 is 1. The normalized spacial score (nSPS) is 13.4. The highest BCUT2D eigenvalue weighted by Crippen LogP contribution is 1.97. The summed E-state index contributed by atoms with van der Waals surface area (Å²) >= 11 is 3.25. The average molecular weight is 227 g/mol. The van der Waals surface area contributed by atoms with E-state index < -0.39 is 0 Å². The molecule has 11 heavy (non-hydrogen) atoms. The summed E-state index contributed by atoms with van der Waals surface area (Å²) in [5.41, 5.74) is 0. The third kappa shape index (κ3) is 10.4. The van der Waals surface area contributed by atoms with Crippen LogP contribution in [0.5, 0.6) is 0 Å². The van der Waals surface area contributed by atoms with E-state index in [-0.39, 0.29) is 5.01 Å². The first kappa shape index (κ1) is 11.4. The van der Waals surface area contributed by atoms with Crippen LogP contribution in [0.1, 0.15) is 6.92 Å². The van der Waals surface area contributed by atoms with Crippen LogP contribution in [-0.4, -0.2) is 38.6 Å². The van der Waals surface area contributed by atoms with Crippen molar-refractivity contribution in [1.82, 2.24) is 0 Å². The summed E-state index contributed by atoms with van der Waals surface area (Å²) in [6.07, 6.45) is 0. The molecule has 0 spiro atoms. The van der Waals surface area contributed by atoms with Crippen LogP contribution in [0.25, 0.3) is 0 Å². The molecule has 0 amide bonds. The van der Waals surface area contributed by atoms with Gasteiger partial charge in [-0.2, -0.15) is 0 Å². The van der Waals surface area contributed by atoms with Gasteiger partial charge in [-0.05, 0) is 6.92 Å². The van der Waals surface area contributed by atoms with Gasteiger partial charge in [0.15, 0.2) is 0 Å². The molecule has 4 heteroatoms. The highest BCUT2D eigenvalue weighted by molar-refractivity contribution is 9.09. The van der Waals surface area contributed by atoms with Crippen molar-refractivity contribution < 1.29 is 14.2 Å². The molecular weight excluding hydrogens is 212 g/mol. The van der Waals surface area contributed by atoms with Crippen molar-refractivity contribution in [3.05, 3.63) is 0 Å². The zero-order valence-electron chi connectivity index (χ0n) is 7.01. The van der Waals surface area contributed by atoms with Crippen LogP contribution in [-0.2, 0) is 14.2 Å². The minimum atomic E-state index is 0.105. The van der Waals surface area contributed by atoms with E-state index in [0.29, 0.717) is 26.4 Å². The smallest absolute Gasteiger partial charge is 0.109 e. The fourth-order valence-corrected chi connectivity index (χ4v) is 0.701. The van der Waals surface area contributed by atoms with Gasteiger partial charge in [-0.1, -0.05) is 15.9 Å². The Morgan fingerprint density at radius 1 is 1.18 bits per heavy atom. The fourth-order valence-electron chi connectivity index (χ4n) is 0.514. The molecule has 0 aliphatic carbocycles. The monoisotopic (exact) mass is 226 g/mol. The second kappa shape index (κ2) is 8.46. The van der Waals surface area contributed by atoms with E-state index in [1.807, 2.05) is 6.92 Å². The van der Waals surface area contributed by atoms with Gasteiger partial charge in [0.25, 0.3) is 0 Å². The van der Waals surface area contributed by atoms with Crippen LogP contribution < -0.4 is 0 Å². The van der Waals surface area contributed by atoms with E-state index in [9.17, 15) is 0 Å². The summed E-state index contributed by atoms with van der Waals surface area (Å²) in [6, 6.07) is 0. The Balaban J connectivity index is 2.80. The van der Waals surface area contributed by atoms with Gasteiger partial charge in [0.1, 0.15) is 5.01 Å².